The second-order valence-electron chi connectivity index (χ2n) is 20.1. The molecule has 1 unspecified atom stereocenters. The first kappa shape index (κ1) is 35.8. The summed E-state index contributed by atoms with van der Waals surface area (Å²) in [6.45, 7) is 34.8. The molecule has 0 N–H and O–H groups in total. The fourth-order valence-electron chi connectivity index (χ4n) is 12.4. The zero-order valence-corrected chi connectivity index (χ0v) is 38.1. The summed E-state index contributed by atoms with van der Waals surface area (Å²) >= 11 is 0. The van der Waals surface area contributed by atoms with Crippen LogP contribution in [-0.2, 0) is 4.43 Å². The van der Waals surface area contributed by atoms with Crippen molar-refractivity contribution in [2.24, 2.45) is 29.6 Å². The Morgan fingerprint density at radius 3 is 1.49 bits per heavy atom. The van der Waals surface area contributed by atoms with Gasteiger partial charge in [0.1, 0.15) is 15.2 Å². The standard InChI is InChI=1S/C40H64OSi6/c1-42(2,3)41-40(38-33-27-31-26-32(29-33)30-34(38)28-31)37(24-25-45(10,11)35-20-16-14-17-21-35)39(46(12,13)36-22-18-15-19-23-36)47(40,43(4,5)6)44(7,8)9/h14-23,31-34,38H,26-30H2,1-13H3. The number of rotatable bonds is 8. The maximum Gasteiger partial charge on any atom is 0.184 e. The Morgan fingerprint density at radius 1 is 0.617 bits per heavy atom. The Morgan fingerprint density at radius 2 is 1.06 bits per heavy atom. The minimum absolute atomic E-state index is 0.114. The number of benzene rings is 2. The highest BCUT2D eigenvalue weighted by Crippen LogP contribution is 2.70. The van der Waals surface area contributed by atoms with E-state index in [-0.39, 0.29) is 5.22 Å². The third-order valence-corrected chi connectivity index (χ3v) is 62.6. The van der Waals surface area contributed by atoms with Gasteiger partial charge in [-0.15, -0.1) is 5.54 Å². The van der Waals surface area contributed by atoms with Gasteiger partial charge in [-0.2, -0.15) is 0 Å². The Balaban J connectivity index is 1.75. The quantitative estimate of drug-likeness (QED) is 0.194. The molecule has 0 aromatic heterocycles. The Bertz CT molecular complexity index is 1540. The van der Waals surface area contributed by atoms with Crippen LogP contribution in [0.1, 0.15) is 32.1 Å². The van der Waals surface area contributed by atoms with E-state index >= 15 is 0 Å². The smallest absolute Gasteiger partial charge is 0.184 e. The van der Waals surface area contributed by atoms with E-state index in [0.717, 1.165) is 23.7 Å². The van der Waals surface area contributed by atoms with Gasteiger partial charge in [0, 0.05) is 20.8 Å². The van der Waals surface area contributed by atoms with Gasteiger partial charge in [-0.1, -0.05) is 142 Å². The summed E-state index contributed by atoms with van der Waals surface area (Å²) in [5.74, 6) is 8.54. The zero-order chi connectivity index (χ0) is 34.4. The number of hydrogen-bond acceptors (Lipinski definition) is 1. The number of hydrogen-bond donors (Lipinski definition) is 0. The SMILES string of the molecule is C[Si](C)(C)OC1(C2C3CC4CC(C3)CC2C4)C(C#C[Si](C)(C)c2ccccc2)=C([Si](C)(C)c2ccccc2)[Si]1([Si](C)(C)C)[Si](C)(C)C. The maximum atomic E-state index is 8.35. The molecule has 2 aromatic carbocycles. The monoisotopic (exact) mass is 728 g/mol. The van der Waals surface area contributed by atoms with Crippen LogP contribution in [-0.4, -0.2) is 52.0 Å². The van der Waals surface area contributed by atoms with Crippen molar-refractivity contribution < 1.29 is 4.43 Å². The molecule has 254 valence electrons. The van der Waals surface area contributed by atoms with Gasteiger partial charge in [0.25, 0.3) is 0 Å². The highest BCUT2D eigenvalue weighted by molar-refractivity contribution is 7.75. The van der Waals surface area contributed by atoms with Gasteiger partial charge >= 0.3 is 0 Å². The lowest BCUT2D eigenvalue weighted by Gasteiger charge is -2.76. The molecular formula is C40H64OSi6. The molecular weight excluding hydrogens is 665 g/mol. The van der Waals surface area contributed by atoms with Gasteiger partial charge in [-0.25, -0.2) is 0 Å². The summed E-state index contributed by atoms with van der Waals surface area (Å²) in [5.41, 5.74) is 5.75. The van der Waals surface area contributed by atoms with E-state index in [1.54, 1.807) is 10.8 Å². The van der Waals surface area contributed by atoms with E-state index < -0.39 is 46.8 Å². The molecule has 0 spiro atoms. The van der Waals surface area contributed by atoms with Crippen molar-refractivity contribution in [3.05, 3.63) is 71.1 Å². The average molecular weight is 729 g/mol. The molecule has 0 radical (unpaired) electrons. The third kappa shape index (κ3) is 5.59. The van der Waals surface area contributed by atoms with Crippen molar-refractivity contribution in [1.29, 1.82) is 0 Å². The van der Waals surface area contributed by atoms with Gasteiger partial charge in [0.05, 0.1) is 5.22 Å². The summed E-state index contributed by atoms with van der Waals surface area (Å²) < 4.78 is 8.35. The third-order valence-electron chi connectivity index (χ3n) is 13.1. The van der Waals surface area contributed by atoms with Gasteiger partial charge in [-0.05, 0) is 86.5 Å². The van der Waals surface area contributed by atoms with E-state index in [0.29, 0.717) is 5.92 Å². The lowest BCUT2D eigenvalue weighted by molar-refractivity contribution is -0.0919. The summed E-state index contributed by atoms with van der Waals surface area (Å²) in [6.07, 6.45) is 7.32. The van der Waals surface area contributed by atoms with Crippen LogP contribution in [0.2, 0.25) is 85.1 Å². The Labute approximate surface area is 294 Å². The molecule has 4 saturated carbocycles. The van der Waals surface area contributed by atoms with Gasteiger partial charge in [0.2, 0.25) is 0 Å². The highest BCUT2D eigenvalue weighted by Gasteiger charge is 2.82. The molecule has 4 aliphatic carbocycles. The molecule has 4 bridgehead atoms. The molecule has 7 rings (SSSR count). The minimum atomic E-state index is -2.24. The second-order valence-corrected chi connectivity index (χ2v) is 60.2. The summed E-state index contributed by atoms with van der Waals surface area (Å²) in [4.78, 5) is 1.96. The molecule has 5 aliphatic rings. The first-order valence-electron chi connectivity index (χ1n) is 18.8. The molecule has 1 nitrogen and oxygen atoms in total. The fourth-order valence-corrected chi connectivity index (χ4v) is 86.1. The summed E-state index contributed by atoms with van der Waals surface area (Å²) in [6, 6.07) is 23.0. The molecule has 1 aliphatic heterocycles. The van der Waals surface area contributed by atoms with Crippen LogP contribution >= 0.6 is 0 Å². The van der Waals surface area contributed by atoms with E-state index in [4.69, 9.17) is 4.43 Å². The van der Waals surface area contributed by atoms with E-state index in [1.807, 2.05) is 4.82 Å². The van der Waals surface area contributed by atoms with E-state index in [9.17, 15) is 0 Å². The van der Waals surface area contributed by atoms with Crippen molar-refractivity contribution in [2.75, 3.05) is 0 Å². The van der Waals surface area contributed by atoms with Crippen LogP contribution in [0.15, 0.2) is 71.1 Å². The summed E-state index contributed by atoms with van der Waals surface area (Å²) in [7, 11) is -11.9. The van der Waals surface area contributed by atoms with Gasteiger partial charge in [0.15, 0.2) is 16.4 Å². The van der Waals surface area contributed by atoms with Crippen LogP contribution in [0.4, 0.5) is 0 Å². The summed E-state index contributed by atoms with van der Waals surface area (Å²) in [5, 5.41) is 2.95. The largest absolute Gasteiger partial charge is 0.410 e. The molecule has 47 heavy (non-hydrogen) atoms. The van der Waals surface area contributed by atoms with E-state index in [1.165, 1.54) is 37.3 Å². The lowest BCUT2D eigenvalue weighted by atomic mass is 9.50. The predicted molar refractivity (Wildman–Crippen MR) is 222 cm³/mol. The van der Waals surface area contributed by atoms with Crippen molar-refractivity contribution >= 4 is 57.1 Å². The van der Waals surface area contributed by atoms with Crippen molar-refractivity contribution in [2.45, 2.75) is 122 Å². The normalized spacial score (nSPS) is 30.5. The first-order valence-corrected chi connectivity index (χ1v) is 39.2. The fraction of sp³-hybridized carbons (Fsp3) is 0.600. The Kier molecular flexibility index (Phi) is 8.98. The minimum Gasteiger partial charge on any atom is -0.410 e. The topological polar surface area (TPSA) is 9.23 Å². The van der Waals surface area contributed by atoms with Gasteiger partial charge < -0.3 is 4.43 Å². The van der Waals surface area contributed by atoms with Crippen LogP contribution in [0, 0.1) is 41.1 Å². The van der Waals surface area contributed by atoms with Crippen LogP contribution in [0.3, 0.4) is 0 Å². The lowest BCUT2D eigenvalue weighted by Crippen LogP contribution is -2.95. The van der Waals surface area contributed by atoms with Crippen LogP contribution < -0.4 is 10.4 Å². The predicted octanol–water partition coefficient (Wildman–Crippen LogP) is 9.63. The van der Waals surface area contributed by atoms with Crippen molar-refractivity contribution in [3.63, 3.8) is 0 Å². The first-order chi connectivity index (χ1) is 21.7. The molecule has 0 saturated heterocycles. The molecule has 2 aromatic rings. The van der Waals surface area contributed by atoms with Crippen LogP contribution in [0.25, 0.3) is 0 Å². The van der Waals surface area contributed by atoms with Crippen molar-refractivity contribution in [3.8, 4) is 11.5 Å². The molecule has 7 heteroatoms. The molecule has 1 atom stereocenters. The highest BCUT2D eigenvalue weighted by atomic mass is 29.6. The zero-order valence-electron chi connectivity index (χ0n) is 32.1. The van der Waals surface area contributed by atoms with Gasteiger partial charge in [-0.3, -0.25) is 0 Å². The van der Waals surface area contributed by atoms with E-state index in [2.05, 4.69) is 157 Å². The maximum absolute atomic E-state index is 8.35. The average Bonchev–Trinajstić information content (AvgIpc) is 2.93. The Hall–Kier alpha value is -0.999. The molecule has 0 amide bonds. The second kappa shape index (κ2) is 11.8. The molecule has 1 heterocycles. The molecule has 4 fully saturated rings. The van der Waals surface area contributed by atoms with Crippen molar-refractivity contribution in [1.82, 2.24) is 0 Å². The van der Waals surface area contributed by atoms with Crippen LogP contribution in [0.5, 0.6) is 0 Å².